The van der Waals surface area contributed by atoms with E-state index in [1.54, 1.807) is 0 Å². The van der Waals surface area contributed by atoms with Crippen molar-refractivity contribution in [3.05, 3.63) is 28.2 Å². The summed E-state index contributed by atoms with van der Waals surface area (Å²) in [5.41, 5.74) is 0. The Bertz CT molecular complexity index is 503. The van der Waals surface area contributed by atoms with Gasteiger partial charge in [-0.3, -0.25) is 0 Å². The highest BCUT2D eigenvalue weighted by Crippen LogP contribution is 2.25. The molecule has 1 aromatic carbocycles. The van der Waals surface area contributed by atoms with Gasteiger partial charge in [0.2, 0.25) is 0 Å². The van der Waals surface area contributed by atoms with E-state index >= 15 is 0 Å². The minimum absolute atomic E-state index is 0.0468. The topological polar surface area (TPSA) is 46.2 Å². The highest BCUT2D eigenvalue weighted by atomic mass is 35.5. The molecule has 1 aromatic rings. The van der Waals surface area contributed by atoms with Gasteiger partial charge in [-0.15, -0.1) is 0 Å². The van der Waals surface area contributed by atoms with E-state index in [2.05, 4.69) is 5.32 Å². The van der Waals surface area contributed by atoms with Gasteiger partial charge in [0.1, 0.15) is 0 Å². The quantitative estimate of drug-likeness (QED) is 0.878. The lowest BCUT2D eigenvalue weighted by atomic mass is 10.2. The molecule has 0 saturated carbocycles. The molecule has 0 radical (unpaired) electrons. The predicted octanol–water partition coefficient (Wildman–Crippen LogP) is 3.16. The molecule has 1 unspecified atom stereocenters. The molecule has 0 amide bonds. The number of halogens is 2. The molecule has 0 fully saturated rings. The fourth-order valence-electron chi connectivity index (χ4n) is 1.64. The van der Waals surface area contributed by atoms with Crippen LogP contribution in [0.4, 0.5) is 0 Å². The first-order valence-corrected chi connectivity index (χ1v) is 8.22. The van der Waals surface area contributed by atoms with Crippen molar-refractivity contribution in [3.8, 4) is 0 Å². The molecule has 0 aromatic heterocycles. The van der Waals surface area contributed by atoms with Crippen LogP contribution >= 0.6 is 23.2 Å². The molecule has 0 aliphatic carbocycles. The zero-order valence-electron chi connectivity index (χ0n) is 10.4. The molecule has 102 valence electrons. The molecule has 0 saturated heterocycles. The van der Waals surface area contributed by atoms with E-state index in [0.29, 0.717) is 5.02 Å². The van der Waals surface area contributed by atoms with Crippen LogP contribution in [0.2, 0.25) is 10.0 Å². The average Bonchev–Trinajstić information content (AvgIpc) is 2.31. The van der Waals surface area contributed by atoms with Crippen molar-refractivity contribution < 1.29 is 8.42 Å². The van der Waals surface area contributed by atoms with E-state index in [9.17, 15) is 8.42 Å². The summed E-state index contributed by atoms with van der Waals surface area (Å²) in [6, 6.07) is 4.35. The summed E-state index contributed by atoms with van der Waals surface area (Å²) in [7, 11) is -3.34. The number of benzene rings is 1. The van der Waals surface area contributed by atoms with Gasteiger partial charge >= 0.3 is 0 Å². The van der Waals surface area contributed by atoms with Crippen LogP contribution in [0.15, 0.2) is 23.1 Å². The van der Waals surface area contributed by atoms with Gasteiger partial charge < -0.3 is 5.32 Å². The summed E-state index contributed by atoms with van der Waals surface area (Å²) in [4.78, 5) is 0.216. The third-order valence-electron chi connectivity index (χ3n) is 2.66. The largest absolute Gasteiger partial charge is 0.313 e. The molecule has 1 N–H and O–H groups in total. The van der Waals surface area contributed by atoms with Crippen LogP contribution in [0.25, 0.3) is 0 Å². The lowest BCUT2D eigenvalue weighted by Gasteiger charge is -2.16. The number of hydrogen-bond donors (Lipinski definition) is 1. The van der Waals surface area contributed by atoms with Crippen molar-refractivity contribution >= 4 is 33.0 Å². The van der Waals surface area contributed by atoms with Crippen molar-refractivity contribution in [2.45, 2.75) is 31.2 Å². The van der Waals surface area contributed by atoms with E-state index in [0.717, 1.165) is 13.0 Å². The molecule has 0 aliphatic heterocycles. The summed E-state index contributed by atoms with van der Waals surface area (Å²) in [5, 5.41) is 3.76. The molecule has 0 bridgehead atoms. The van der Waals surface area contributed by atoms with Crippen LogP contribution in [0.1, 0.15) is 20.3 Å². The Morgan fingerprint density at radius 3 is 2.39 bits per heavy atom. The number of sulfone groups is 1. The van der Waals surface area contributed by atoms with Gasteiger partial charge in [0.25, 0.3) is 0 Å². The lowest BCUT2D eigenvalue weighted by molar-refractivity contribution is 0.533. The third-order valence-corrected chi connectivity index (χ3v) is 5.21. The van der Waals surface area contributed by atoms with E-state index < -0.39 is 9.84 Å². The summed E-state index contributed by atoms with van der Waals surface area (Å²) in [6.45, 7) is 4.65. The molecular weight excluding hydrogens is 293 g/mol. The zero-order valence-corrected chi connectivity index (χ0v) is 12.7. The van der Waals surface area contributed by atoms with Gasteiger partial charge in [-0.2, -0.15) is 0 Å². The van der Waals surface area contributed by atoms with Crippen LogP contribution in [0, 0.1) is 0 Å². The number of rotatable bonds is 6. The third kappa shape index (κ3) is 4.12. The molecular formula is C12H17Cl2NO2S. The Balaban J connectivity index is 2.95. The van der Waals surface area contributed by atoms with Crippen LogP contribution in [0.5, 0.6) is 0 Å². The smallest absolute Gasteiger partial charge is 0.179 e. The van der Waals surface area contributed by atoms with Gasteiger partial charge in [-0.25, -0.2) is 8.42 Å². The van der Waals surface area contributed by atoms with Gasteiger partial charge in [-0.1, -0.05) is 37.0 Å². The predicted molar refractivity (Wildman–Crippen MR) is 76.3 cm³/mol. The van der Waals surface area contributed by atoms with E-state index in [-0.39, 0.29) is 21.7 Å². The molecule has 0 aliphatic rings. The molecule has 1 rings (SSSR count). The fourth-order valence-corrected chi connectivity index (χ4v) is 3.65. The van der Waals surface area contributed by atoms with Crippen molar-refractivity contribution in [3.63, 3.8) is 0 Å². The Morgan fingerprint density at radius 2 is 1.89 bits per heavy atom. The first-order valence-electron chi connectivity index (χ1n) is 5.82. The normalized spacial score (nSPS) is 13.6. The Hall–Kier alpha value is -0.290. The summed E-state index contributed by atoms with van der Waals surface area (Å²) >= 11 is 11.6. The van der Waals surface area contributed by atoms with Crippen LogP contribution in [0.3, 0.4) is 0 Å². The second-order valence-electron chi connectivity index (χ2n) is 4.02. The van der Waals surface area contributed by atoms with Crippen LogP contribution in [-0.4, -0.2) is 26.8 Å². The molecule has 0 spiro atoms. The number of hydrogen-bond acceptors (Lipinski definition) is 3. The maximum atomic E-state index is 12.2. The Kier molecular flexibility index (Phi) is 5.92. The second-order valence-corrected chi connectivity index (χ2v) is 6.87. The van der Waals surface area contributed by atoms with E-state index in [1.807, 2.05) is 13.8 Å². The Morgan fingerprint density at radius 1 is 1.22 bits per heavy atom. The lowest BCUT2D eigenvalue weighted by Crippen LogP contribution is -2.34. The fraction of sp³-hybridized carbons (Fsp3) is 0.500. The van der Waals surface area contributed by atoms with Gasteiger partial charge in [0.05, 0.1) is 20.7 Å². The Labute approximate surface area is 118 Å². The maximum absolute atomic E-state index is 12.2. The SMILES string of the molecule is CCNC(CC)CS(=O)(=O)c1ccc(Cl)c(Cl)c1. The minimum atomic E-state index is -3.34. The average molecular weight is 310 g/mol. The van der Waals surface area contributed by atoms with E-state index in [1.165, 1.54) is 18.2 Å². The molecule has 1 atom stereocenters. The molecule has 18 heavy (non-hydrogen) atoms. The van der Waals surface area contributed by atoms with Crippen LogP contribution in [-0.2, 0) is 9.84 Å². The van der Waals surface area contributed by atoms with Crippen molar-refractivity contribution in [2.24, 2.45) is 0 Å². The van der Waals surface area contributed by atoms with E-state index in [4.69, 9.17) is 23.2 Å². The van der Waals surface area contributed by atoms with Crippen molar-refractivity contribution in [2.75, 3.05) is 12.3 Å². The van der Waals surface area contributed by atoms with Crippen molar-refractivity contribution in [1.29, 1.82) is 0 Å². The second kappa shape index (κ2) is 6.75. The van der Waals surface area contributed by atoms with Gasteiger partial charge in [-0.05, 0) is 31.2 Å². The molecule has 6 heteroatoms. The zero-order chi connectivity index (χ0) is 13.8. The summed E-state index contributed by atoms with van der Waals surface area (Å²) < 4.78 is 24.4. The monoisotopic (exact) mass is 309 g/mol. The molecule has 0 heterocycles. The summed E-state index contributed by atoms with van der Waals surface area (Å²) in [5.74, 6) is 0.0648. The van der Waals surface area contributed by atoms with Gasteiger partial charge in [0, 0.05) is 6.04 Å². The first kappa shape index (κ1) is 15.8. The highest BCUT2D eigenvalue weighted by Gasteiger charge is 2.20. The maximum Gasteiger partial charge on any atom is 0.179 e. The highest BCUT2D eigenvalue weighted by molar-refractivity contribution is 7.91. The van der Waals surface area contributed by atoms with Gasteiger partial charge in [0.15, 0.2) is 9.84 Å². The first-order chi connectivity index (χ1) is 8.40. The summed E-state index contributed by atoms with van der Waals surface area (Å²) in [6.07, 6.45) is 0.758. The standard InChI is InChI=1S/C12H17Cl2NO2S/c1-3-9(15-4-2)8-18(16,17)10-5-6-11(13)12(14)7-10/h5-7,9,15H,3-4,8H2,1-2H3. The number of nitrogens with one attached hydrogen (secondary N) is 1. The van der Waals surface area contributed by atoms with Crippen molar-refractivity contribution in [1.82, 2.24) is 5.32 Å². The molecule has 3 nitrogen and oxygen atoms in total. The minimum Gasteiger partial charge on any atom is -0.313 e. The van der Waals surface area contributed by atoms with Crippen LogP contribution < -0.4 is 5.32 Å².